The Bertz CT molecular complexity index is 1520. The molecule has 49 heavy (non-hydrogen) atoms. The molecule has 1 aliphatic heterocycles. The van der Waals surface area contributed by atoms with Crippen LogP contribution in [0.5, 0.6) is 0 Å². The second-order valence-corrected chi connectivity index (χ2v) is 15.0. The van der Waals surface area contributed by atoms with Gasteiger partial charge >= 0.3 is 17.9 Å². The molecule has 1 heterocycles. The Kier molecular flexibility index (Phi) is 9.72. The standard InChI is InChI=1S/C36H49NO12/c1-18-22(47-32(43)27(45-9)19(2)37(7)8)16-36(44)30(48-31(42)21-13-11-10-12-14-21)28-34(6,29(41)26(40)25(18)33(36,4)5)23(39)15-24-35(28,17-46-24)49-20(3)38/h10-14,19,22-24,26-28,30,39-40,44H,15-17H2,1-9H3/t19?,22?,23?,24?,26?,27?,28?,30?,34-,35?,36?/m1/s1. The number of benzene rings is 1. The molecule has 2 bridgehead atoms. The highest BCUT2D eigenvalue weighted by Crippen LogP contribution is 2.64. The first-order valence-electron chi connectivity index (χ1n) is 16.6. The average Bonchev–Trinajstić information content (AvgIpc) is 3.03. The summed E-state index contributed by atoms with van der Waals surface area (Å²) in [6, 6.07) is 7.64. The highest BCUT2D eigenvalue weighted by molar-refractivity contribution is 5.94. The van der Waals surface area contributed by atoms with Crippen molar-refractivity contribution in [2.75, 3.05) is 27.8 Å². The molecule has 2 saturated carbocycles. The monoisotopic (exact) mass is 687 g/mol. The first kappa shape index (κ1) is 37.1. The number of likely N-dealkylation sites (N-methyl/N-ethyl adjacent to an activating group) is 1. The van der Waals surface area contributed by atoms with Gasteiger partial charge in [-0.1, -0.05) is 32.0 Å². The lowest BCUT2D eigenvalue weighted by molar-refractivity contribution is -0.346. The molecule has 1 saturated heterocycles. The van der Waals surface area contributed by atoms with E-state index >= 15 is 0 Å². The van der Waals surface area contributed by atoms with Crippen LogP contribution >= 0.6 is 0 Å². The van der Waals surface area contributed by atoms with Crippen LogP contribution < -0.4 is 0 Å². The van der Waals surface area contributed by atoms with Crippen molar-refractivity contribution < 1.29 is 58.2 Å². The summed E-state index contributed by atoms with van der Waals surface area (Å²) in [6.45, 7) is 9.04. The minimum Gasteiger partial charge on any atom is -0.456 e. The van der Waals surface area contributed by atoms with Gasteiger partial charge in [-0.3, -0.25) is 9.59 Å². The number of hydrogen-bond donors (Lipinski definition) is 3. The summed E-state index contributed by atoms with van der Waals surface area (Å²) in [6.07, 6.45) is -8.63. The van der Waals surface area contributed by atoms with E-state index in [1.807, 2.05) is 0 Å². The zero-order valence-electron chi connectivity index (χ0n) is 29.6. The van der Waals surface area contributed by atoms with Crippen LogP contribution in [0.4, 0.5) is 0 Å². The molecule has 0 amide bonds. The lowest BCUT2D eigenvalue weighted by atomic mass is 9.44. The number of carbonyl (C=O) groups excluding carboxylic acids is 4. The first-order valence-corrected chi connectivity index (χ1v) is 16.6. The molecule has 0 spiro atoms. The fraction of sp³-hybridized carbons (Fsp3) is 0.667. The molecule has 13 heteroatoms. The summed E-state index contributed by atoms with van der Waals surface area (Å²) in [7, 11) is 4.93. The summed E-state index contributed by atoms with van der Waals surface area (Å²) in [5, 5.41) is 37.0. The van der Waals surface area contributed by atoms with Crippen molar-refractivity contribution in [1.82, 2.24) is 4.90 Å². The molecule has 11 atom stereocenters. The van der Waals surface area contributed by atoms with Crippen molar-refractivity contribution >= 4 is 23.7 Å². The van der Waals surface area contributed by atoms with Crippen molar-refractivity contribution in [3.8, 4) is 0 Å². The summed E-state index contributed by atoms with van der Waals surface area (Å²) in [5.74, 6) is -4.54. The van der Waals surface area contributed by atoms with Gasteiger partial charge in [-0.2, -0.15) is 0 Å². The van der Waals surface area contributed by atoms with E-state index < -0.39 is 94.3 Å². The minimum absolute atomic E-state index is 0.0693. The van der Waals surface area contributed by atoms with E-state index in [9.17, 15) is 34.5 Å². The van der Waals surface area contributed by atoms with Crippen LogP contribution in [0.3, 0.4) is 0 Å². The molecule has 1 aromatic carbocycles. The Balaban J connectivity index is 1.76. The molecule has 13 nitrogen and oxygen atoms in total. The molecule has 3 fully saturated rings. The van der Waals surface area contributed by atoms with E-state index in [2.05, 4.69) is 0 Å². The highest BCUT2D eigenvalue weighted by atomic mass is 16.6. The van der Waals surface area contributed by atoms with Crippen molar-refractivity contribution in [2.24, 2.45) is 16.7 Å². The second kappa shape index (κ2) is 12.8. The Morgan fingerprint density at radius 1 is 1.06 bits per heavy atom. The summed E-state index contributed by atoms with van der Waals surface area (Å²) in [5.41, 5.74) is -6.70. The average molecular weight is 688 g/mol. The normalized spacial score (nSPS) is 37.8. The van der Waals surface area contributed by atoms with Gasteiger partial charge < -0.3 is 43.9 Å². The van der Waals surface area contributed by atoms with Gasteiger partial charge in [0.1, 0.15) is 30.0 Å². The third-order valence-corrected chi connectivity index (χ3v) is 11.9. The number of aliphatic hydroxyl groups is 3. The van der Waals surface area contributed by atoms with E-state index in [0.717, 1.165) is 0 Å². The molecule has 3 aliphatic carbocycles. The Labute approximate surface area is 286 Å². The SMILES string of the molecule is COC(C(=O)OC1CC2(O)C(OC(=O)c3ccccc3)C3C4(OC(C)=O)COC4CC(O)[C@@]3(C)C(=O)C(O)C(=C1C)C2(C)C)C(C)N(C)C. The zero-order chi connectivity index (χ0) is 36.4. The van der Waals surface area contributed by atoms with Gasteiger partial charge in [0.05, 0.1) is 29.6 Å². The number of Topliss-reactive ketones (excluding diaryl/α,β-unsaturated/α-hetero) is 1. The zero-order valence-corrected chi connectivity index (χ0v) is 29.6. The number of ketones is 1. The van der Waals surface area contributed by atoms with E-state index in [1.54, 1.807) is 64.9 Å². The second-order valence-electron chi connectivity index (χ2n) is 15.0. The topological polar surface area (TPSA) is 178 Å². The lowest BCUT2D eigenvalue weighted by Gasteiger charge is -2.67. The van der Waals surface area contributed by atoms with Crippen LogP contribution in [0, 0.1) is 16.7 Å². The van der Waals surface area contributed by atoms with E-state index in [1.165, 1.54) is 33.1 Å². The molecular formula is C36H49NO12. The molecule has 5 rings (SSSR count). The molecule has 0 radical (unpaired) electrons. The number of nitrogens with zero attached hydrogens (tertiary/aromatic N) is 1. The fourth-order valence-electron chi connectivity index (χ4n) is 8.74. The third-order valence-electron chi connectivity index (χ3n) is 11.9. The molecule has 270 valence electrons. The quantitative estimate of drug-likeness (QED) is 0.204. The van der Waals surface area contributed by atoms with Gasteiger partial charge in [-0.25, -0.2) is 9.59 Å². The van der Waals surface area contributed by atoms with Crippen LogP contribution in [0.25, 0.3) is 0 Å². The number of rotatable bonds is 8. The Morgan fingerprint density at radius 3 is 2.22 bits per heavy atom. The maximum Gasteiger partial charge on any atom is 0.338 e. The van der Waals surface area contributed by atoms with Gasteiger partial charge in [0.2, 0.25) is 0 Å². The highest BCUT2D eigenvalue weighted by Gasteiger charge is 2.78. The Hall–Kier alpha value is -3.20. The molecule has 4 aliphatic rings. The number of ether oxygens (including phenoxy) is 5. The number of esters is 3. The van der Waals surface area contributed by atoms with Crippen molar-refractivity contribution in [3.05, 3.63) is 47.0 Å². The predicted molar refractivity (Wildman–Crippen MR) is 173 cm³/mol. The van der Waals surface area contributed by atoms with Gasteiger partial charge in [0.25, 0.3) is 0 Å². The number of methoxy groups -OCH3 is 1. The lowest BCUT2D eigenvalue weighted by Crippen LogP contribution is -2.81. The van der Waals surface area contributed by atoms with Gasteiger partial charge in [0, 0.05) is 38.3 Å². The summed E-state index contributed by atoms with van der Waals surface area (Å²) >= 11 is 0. The first-order chi connectivity index (χ1) is 22.8. The molecule has 1 aromatic rings. The fourth-order valence-corrected chi connectivity index (χ4v) is 8.74. The third kappa shape index (κ3) is 5.53. The van der Waals surface area contributed by atoms with Crippen LogP contribution in [0.1, 0.15) is 64.7 Å². The number of aliphatic hydroxyl groups excluding tert-OH is 2. The number of fused-ring (bicyclic) bond motifs is 5. The molecule has 0 aromatic heterocycles. The maximum absolute atomic E-state index is 14.8. The predicted octanol–water partition coefficient (Wildman–Crippen LogP) is 1.60. The smallest absolute Gasteiger partial charge is 0.338 e. The van der Waals surface area contributed by atoms with E-state index in [-0.39, 0.29) is 30.6 Å². The van der Waals surface area contributed by atoms with Gasteiger partial charge in [-0.05, 0) is 58.1 Å². The maximum atomic E-state index is 14.8. The largest absolute Gasteiger partial charge is 0.456 e. The molecule has 10 unspecified atom stereocenters. The number of carbonyl (C=O) groups is 4. The summed E-state index contributed by atoms with van der Waals surface area (Å²) in [4.78, 5) is 56.9. The van der Waals surface area contributed by atoms with Crippen molar-refractivity contribution in [1.29, 1.82) is 0 Å². The van der Waals surface area contributed by atoms with Crippen molar-refractivity contribution in [2.45, 2.75) is 108 Å². The molecular weight excluding hydrogens is 638 g/mol. The van der Waals surface area contributed by atoms with Crippen molar-refractivity contribution in [3.63, 3.8) is 0 Å². The van der Waals surface area contributed by atoms with E-state index in [4.69, 9.17) is 23.7 Å². The van der Waals surface area contributed by atoms with Crippen LogP contribution in [-0.4, -0.2) is 126 Å². The number of hydrogen-bond acceptors (Lipinski definition) is 13. The summed E-state index contributed by atoms with van der Waals surface area (Å²) < 4.78 is 29.7. The van der Waals surface area contributed by atoms with Crippen LogP contribution in [-0.2, 0) is 38.1 Å². The van der Waals surface area contributed by atoms with Crippen LogP contribution in [0.15, 0.2) is 41.5 Å². The van der Waals surface area contributed by atoms with E-state index in [0.29, 0.717) is 5.57 Å². The molecule has 3 N–H and O–H groups in total. The Morgan fingerprint density at radius 2 is 1.69 bits per heavy atom. The minimum atomic E-state index is -2.19. The van der Waals surface area contributed by atoms with Crippen LogP contribution in [0.2, 0.25) is 0 Å². The van der Waals surface area contributed by atoms with Gasteiger partial charge in [-0.15, -0.1) is 0 Å². The van der Waals surface area contributed by atoms with Gasteiger partial charge in [0.15, 0.2) is 17.5 Å².